The van der Waals surface area contributed by atoms with Crippen LogP contribution in [0.5, 0.6) is 0 Å². The highest BCUT2D eigenvalue weighted by molar-refractivity contribution is 7.98. The number of quaternary nitrogens is 1. The molecule has 2 rings (SSSR count). The average Bonchev–Trinajstić information content (AvgIpc) is 2.37. The van der Waals surface area contributed by atoms with Gasteiger partial charge in [0.05, 0.1) is 19.8 Å². The summed E-state index contributed by atoms with van der Waals surface area (Å²) in [6.07, 6.45) is 3.78. The zero-order valence-corrected chi connectivity index (χ0v) is 11.5. The number of ether oxygens (including phenoxy) is 1. The second kappa shape index (κ2) is 8.75. The zero-order valence-electron chi connectivity index (χ0n) is 9.90. The van der Waals surface area contributed by atoms with Crippen LogP contribution in [0.4, 0.5) is 0 Å². The van der Waals surface area contributed by atoms with Crippen molar-refractivity contribution in [2.45, 2.75) is 5.75 Å². The van der Waals surface area contributed by atoms with Crippen LogP contribution < -0.4 is 17.3 Å². The fourth-order valence-electron chi connectivity index (χ4n) is 1.80. The van der Waals surface area contributed by atoms with Gasteiger partial charge in [-0.3, -0.25) is 4.98 Å². The molecule has 1 aliphatic heterocycles. The van der Waals surface area contributed by atoms with Crippen molar-refractivity contribution in [2.75, 3.05) is 38.6 Å². The van der Waals surface area contributed by atoms with Crippen LogP contribution in [-0.2, 0) is 10.5 Å². The number of nitrogens with one attached hydrogen (secondary N) is 1. The van der Waals surface area contributed by atoms with Crippen LogP contribution in [-0.4, -0.2) is 43.6 Å². The first-order valence-electron chi connectivity index (χ1n) is 5.83. The minimum Gasteiger partial charge on any atom is -1.00 e. The molecule has 0 amide bonds. The lowest BCUT2D eigenvalue weighted by Crippen LogP contribution is -3.14. The van der Waals surface area contributed by atoms with Gasteiger partial charge >= 0.3 is 0 Å². The van der Waals surface area contributed by atoms with Crippen LogP contribution in [0.25, 0.3) is 0 Å². The zero-order chi connectivity index (χ0) is 11.1. The molecule has 1 saturated heterocycles. The van der Waals surface area contributed by atoms with Gasteiger partial charge in [-0.1, -0.05) is 6.07 Å². The number of morpholine rings is 1. The molecule has 0 atom stereocenters. The third-order valence-electron chi connectivity index (χ3n) is 2.79. The quantitative estimate of drug-likeness (QED) is 0.589. The summed E-state index contributed by atoms with van der Waals surface area (Å²) in [6, 6.07) is 4.14. The van der Waals surface area contributed by atoms with Crippen molar-refractivity contribution in [3.8, 4) is 0 Å². The van der Waals surface area contributed by atoms with E-state index in [0.29, 0.717) is 0 Å². The molecule has 1 aromatic rings. The summed E-state index contributed by atoms with van der Waals surface area (Å²) in [5, 5.41) is 0. The van der Waals surface area contributed by atoms with Gasteiger partial charge in [0.1, 0.15) is 13.1 Å². The molecular formula is C12H19ClN2OS. The Bertz CT molecular complexity index is 294. The number of hydrogen-bond donors (Lipinski definition) is 1. The first kappa shape index (κ1) is 14.8. The van der Waals surface area contributed by atoms with Gasteiger partial charge in [-0.05, 0) is 11.6 Å². The van der Waals surface area contributed by atoms with Crippen molar-refractivity contribution in [1.29, 1.82) is 0 Å². The molecule has 1 aliphatic rings. The number of nitrogens with zero attached hydrogens (tertiary/aromatic N) is 1. The van der Waals surface area contributed by atoms with E-state index < -0.39 is 0 Å². The Morgan fingerprint density at radius 1 is 1.35 bits per heavy atom. The number of aromatic nitrogens is 1. The van der Waals surface area contributed by atoms with Crippen LogP contribution in [0.2, 0.25) is 0 Å². The summed E-state index contributed by atoms with van der Waals surface area (Å²) in [7, 11) is 0. The molecule has 0 radical (unpaired) electrons. The van der Waals surface area contributed by atoms with Crippen molar-refractivity contribution in [2.24, 2.45) is 0 Å². The Hall–Kier alpha value is -0.290. The van der Waals surface area contributed by atoms with Gasteiger partial charge < -0.3 is 22.0 Å². The molecule has 17 heavy (non-hydrogen) atoms. The summed E-state index contributed by atoms with van der Waals surface area (Å²) in [4.78, 5) is 5.80. The van der Waals surface area contributed by atoms with Gasteiger partial charge in [-0.25, -0.2) is 0 Å². The van der Waals surface area contributed by atoms with E-state index in [1.54, 1.807) is 4.90 Å². The van der Waals surface area contributed by atoms with E-state index in [1.165, 1.54) is 31.0 Å². The normalized spacial score (nSPS) is 16.5. The molecule has 0 spiro atoms. The van der Waals surface area contributed by atoms with Crippen molar-refractivity contribution in [1.82, 2.24) is 4.98 Å². The van der Waals surface area contributed by atoms with Gasteiger partial charge in [0.25, 0.3) is 0 Å². The van der Waals surface area contributed by atoms with E-state index in [0.717, 1.165) is 19.0 Å². The molecule has 5 heteroatoms. The van der Waals surface area contributed by atoms with Crippen LogP contribution in [0, 0.1) is 0 Å². The maximum atomic E-state index is 5.34. The monoisotopic (exact) mass is 274 g/mol. The predicted octanol–water partition coefficient (Wildman–Crippen LogP) is -2.77. The van der Waals surface area contributed by atoms with E-state index in [4.69, 9.17) is 4.74 Å². The second-order valence-electron chi connectivity index (χ2n) is 4.03. The van der Waals surface area contributed by atoms with Crippen molar-refractivity contribution < 1.29 is 22.0 Å². The van der Waals surface area contributed by atoms with Gasteiger partial charge in [-0.15, -0.1) is 0 Å². The van der Waals surface area contributed by atoms with Crippen LogP contribution in [0.3, 0.4) is 0 Å². The van der Waals surface area contributed by atoms with Crippen molar-refractivity contribution in [3.05, 3.63) is 30.1 Å². The highest BCUT2D eigenvalue weighted by atomic mass is 35.5. The van der Waals surface area contributed by atoms with Crippen LogP contribution >= 0.6 is 11.8 Å². The summed E-state index contributed by atoms with van der Waals surface area (Å²) in [5.41, 5.74) is 1.32. The second-order valence-corrected chi connectivity index (χ2v) is 5.13. The van der Waals surface area contributed by atoms with Gasteiger partial charge in [0.2, 0.25) is 0 Å². The van der Waals surface area contributed by atoms with E-state index in [9.17, 15) is 0 Å². The van der Waals surface area contributed by atoms with E-state index >= 15 is 0 Å². The molecule has 0 aromatic carbocycles. The van der Waals surface area contributed by atoms with Gasteiger partial charge in [-0.2, -0.15) is 11.8 Å². The summed E-state index contributed by atoms with van der Waals surface area (Å²) in [5.74, 6) is 2.31. The van der Waals surface area contributed by atoms with E-state index in [1.807, 2.05) is 30.2 Å². The summed E-state index contributed by atoms with van der Waals surface area (Å²) in [6.45, 7) is 5.47. The van der Waals surface area contributed by atoms with Crippen molar-refractivity contribution >= 4 is 11.8 Å². The lowest BCUT2D eigenvalue weighted by Gasteiger charge is -2.23. The average molecular weight is 275 g/mol. The smallest absolute Gasteiger partial charge is 0.101 e. The molecule has 0 saturated carbocycles. The standard InChI is InChI=1S/C12H18N2OS.ClH/c1-2-12(10-13-3-1)11-16-9-6-14-4-7-15-8-5-14;/h1-3,10H,4-9,11H2;1H. The summed E-state index contributed by atoms with van der Waals surface area (Å²) >= 11 is 2.00. The Kier molecular flexibility index (Phi) is 7.60. The first-order chi connectivity index (χ1) is 7.95. The number of thioether (sulfide) groups is 1. The molecular weight excluding hydrogens is 256 g/mol. The lowest BCUT2D eigenvalue weighted by atomic mass is 10.3. The molecule has 3 nitrogen and oxygen atoms in total. The molecule has 0 unspecified atom stereocenters. The maximum absolute atomic E-state index is 5.34. The Morgan fingerprint density at radius 2 is 2.18 bits per heavy atom. The van der Waals surface area contributed by atoms with Crippen LogP contribution in [0.15, 0.2) is 24.5 Å². The third kappa shape index (κ3) is 5.73. The molecule has 1 N–H and O–H groups in total. The number of rotatable bonds is 5. The fraction of sp³-hybridized carbons (Fsp3) is 0.583. The predicted molar refractivity (Wildman–Crippen MR) is 66.8 cm³/mol. The molecule has 0 aliphatic carbocycles. The minimum absolute atomic E-state index is 0. The Balaban J connectivity index is 0.00000144. The highest BCUT2D eigenvalue weighted by Crippen LogP contribution is 2.09. The summed E-state index contributed by atoms with van der Waals surface area (Å²) < 4.78 is 5.34. The minimum atomic E-state index is 0. The van der Waals surface area contributed by atoms with E-state index in [2.05, 4.69) is 11.1 Å². The molecule has 1 fully saturated rings. The Morgan fingerprint density at radius 3 is 2.88 bits per heavy atom. The fourth-order valence-corrected chi connectivity index (χ4v) is 2.78. The molecule has 0 bridgehead atoms. The SMILES string of the molecule is [Cl-].c1cncc(CSCC[NH+]2CCOCC2)c1. The lowest BCUT2D eigenvalue weighted by molar-refractivity contribution is -0.905. The van der Waals surface area contributed by atoms with E-state index in [-0.39, 0.29) is 12.4 Å². The molecule has 2 heterocycles. The number of halogens is 1. The molecule has 96 valence electrons. The third-order valence-corrected chi connectivity index (χ3v) is 3.82. The van der Waals surface area contributed by atoms with Gasteiger partial charge in [0.15, 0.2) is 0 Å². The highest BCUT2D eigenvalue weighted by Gasteiger charge is 2.12. The van der Waals surface area contributed by atoms with Crippen molar-refractivity contribution in [3.63, 3.8) is 0 Å². The van der Waals surface area contributed by atoms with Crippen LogP contribution in [0.1, 0.15) is 5.56 Å². The first-order valence-corrected chi connectivity index (χ1v) is 6.98. The number of hydrogen-bond acceptors (Lipinski definition) is 3. The van der Waals surface area contributed by atoms with Gasteiger partial charge in [0, 0.05) is 23.9 Å². The number of pyridine rings is 1. The topological polar surface area (TPSA) is 26.6 Å². The maximum Gasteiger partial charge on any atom is 0.101 e. The largest absolute Gasteiger partial charge is 1.00 e. The molecule has 1 aromatic heterocycles. The Labute approximate surface area is 113 Å².